The molecular weight excluding hydrogens is 476 g/mol. The molecule has 9 nitrogen and oxygen atoms in total. The van der Waals surface area contributed by atoms with Gasteiger partial charge in [-0.15, -0.1) is 0 Å². The molecule has 0 saturated carbocycles. The molecule has 0 radical (unpaired) electrons. The van der Waals surface area contributed by atoms with E-state index < -0.39 is 0 Å². The van der Waals surface area contributed by atoms with Gasteiger partial charge in [0.25, 0.3) is 5.91 Å². The van der Waals surface area contributed by atoms with E-state index in [1.54, 1.807) is 63.0 Å². The maximum absolute atomic E-state index is 12.6. The van der Waals surface area contributed by atoms with E-state index in [0.29, 0.717) is 35.1 Å². The van der Waals surface area contributed by atoms with Crippen LogP contribution >= 0.6 is 12.2 Å². The molecule has 1 amide bonds. The fourth-order valence-electron chi connectivity index (χ4n) is 3.51. The van der Waals surface area contributed by atoms with Gasteiger partial charge in [-0.3, -0.25) is 15.2 Å². The zero-order chi connectivity index (χ0) is 25.3. The molecule has 0 aliphatic rings. The standard InChI is InChI=1S/C26H26N6O3S/c1-34-21-9-10-24-23(13-21)18(14-29-24)11-12-27-25(33)17-3-5-19(6-4-17)31-26(36)32-30-15-20-7-8-22(35-2)16-28-20/h3-10,13-16,29H,11-12H2,1-2H3,(H,27,33)(H2,31,32,36)/b30-15+. The number of carbonyl (C=O) groups excluding carboxylic acids is 1. The van der Waals surface area contributed by atoms with Gasteiger partial charge in [-0.1, -0.05) is 0 Å². The predicted octanol–water partition coefficient (Wildman–Crippen LogP) is 3.87. The largest absolute Gasteiger partial charge is 0.497 e. The second-order valence-corrected chi connectivity index (χ2v) is 8.16. The summed E-state index contributed by atoms with van der Waals surface area (Å²) < 4.78 is 10.4. The highest BCUT2D eigenvalue weighted by atomic mass is 32.1. The summed E-state index contributed by atoms with van der Waals surface area (Å²) in [5.41, 5.74) is 6.84. The quantitative estimate of drug-likeness (QED) is 0.156. The number of pyridine rings is 1. The molecule has 2 aromatic carbocycles. The zero-order valence-electron chi connectivity index (χ0n) is 19.9. The number of methoxy groups -OCH3 is 2. The average Bonchev–Trinajstić information content (AvgIpc) is 3.31. The van der Waals surface area contributed by atoms with Gasteiger partial charge in [0, 0.05) is 34.9 Å². The number of ether oxygens (including phenoxy) is 2. The Morgan fingerprint density at radius 2 is 1.86 bits per heavy atom. The molecule has 4 N–H and O–H groups in total. The number of hydrogen-bond acceptors (Lipinski definition) is 6. The van der Waals surface area contributed by atoms with Gasteiger partial charge in [0.1, 0.15) is 11.5 Å². The summed E-state index contributed by atoms with van der Waals surface area (Å²) in [6.07, 6.45) is 5.82. The Morgan fingerprint density at radius 1 is 1.08 bits per heavy atom. The number of benzene rings is 2. The first-order valence-electron chi connectivity index (χ1n) is 11.2. The second-order valence-electron chi connectivity index (χ2n) is 7.76. The number of nitrogens with zero attached hydrogens (tertiary/aromatic N) is 2. The van der Waals surface area contributed by atoms with Gasteiger partial charge in [0.2, 0.25) is 0 Å². The maximum atomic E-state index is 12.6. The lowest BCUT2D eigenvalue weighted by atomic mass is 10.1. The van der Waals surface area contributed by atoms with Gasteiger partial charge >= 0.3 is 0 Å². The molecule has 36 heavy (non-hydrogen) atoms. The van der Waals surface area contributed by atoms with Crippen molar-refractivity contribution >= 4 is 46.0 Å². The molecule has 2 heterocycles. The summed E-state index contributed by atoms with van der Waals surface area (Å²) in [6.45, 7) is 0.512. The summed E-state index contributed by atoms with van der Waals surface area (Å²) in [5.74, 6) is 1.33. The van der Waals surface area contributed by atoms with Crippen LogP contribution in [-0.4, -0.2) is 48.0 Å². The van der Waals surface area contributed by atoms with Gasteiger partial charge in [-0.25, -0.2) is 0 Å². The van der Waals surface area contributed by atoms with Crippen molar-refractivity contribution < 1.29 is 14.3 Å². The van der Waals surface area contributed by atoms with Crippen molar-refractivity contribution in [3.63, 3.8) is 0 Å². The Morgan fingerprint density at radius 3 is 2.58 bits per heavy atom. The van der Waals surface area contributed by atoms with Gasteiger partial charge in [-0.05, 0) is 78.8 Å². The molecule has 0 aliphatic carbocycles. The third kappa shape index (κ3) is 6.36. The number of anilines is 1. The Kier molecular flexibility index (Phi) is 8.09. The van der Waals surface area contributed by atoms with E-state index in [-0.39, 0.29) is 5.91 Å². The number of H-pyrrole nitrogens is 1. The summed E-state index contributed by atoms with van der Waals surface area (Å²) >= 11 is 5.25. The summed E-state index contributed by atoms with van der Waals surface area (Å²) in [6, 6.07) is 16.5. The van der Waals surface area contributed by atoms with E-state index in [4.69, 9.17) is 21.7 Å². The Hall–Kier alpha value is -4.44. The third-order valence-electron chi connectivity index (χ3n) is 5.42. The lowest BCUT2D eigenvalue weighted by Crippen LogP contribution is -2.26. The summed E-state index contributed by atoms with van der Waals surface area (Å²) in [4.78, 5) is 20.0. The number of rotatable bonds is 9. The zero-order valence-corrected chi connectivity index (χ0v) is 20.7. The van der Waals surface area contributed by atoms with Crippen molar-refractivity contribution in [1.29, 1.82) is 0 Å². The summed E-state index contributed by atoms with van der Waals surface area (Å²) in [7, 11) is 3.23. The first kappa shape index (κ1) is 24.7. The SMILES string of the molecule is COc1ccc(/C=N/NC(=S)Nc2ccc(C(=O)NCCc3c[nH]c4ccc(OC)cc34)cc2)nc1. The van der Waals surface area contributed by atoms with Crippen LogP contribution in [0.1, 0.15) is 21.6 Å². The van der Waals surface area contributed by atoms with Crippen LogP contribution in [0.2, 0.25) is 0 Å². The average molecular weight is 503 g/mol. The summed E-state index contributed by atoms with van der Waals surface area (Å²) in [5, 5.41) is 11.5. The van der Waals surface area contributed by atoms with Crippen LogP contribution in [0.15, 0.2) is 72.1 Å². The van der Waals surface area contributed by atoms with Crippen molar-refractivity contribution in [3.05, 3.63) is 83.8 Å². The van der Waals surface area contributed by atoms with Crippen LogP contribution in [0, 0.1) is 0 Å². The Bertz CT molecular complexity index is 1370. The molecule has 4 rings (SSSR count). The lowest BCUT2D eigenvalue weighted by molar-refractivity contribution is 0.0954. The molecule has 184 valence electrons. The number of aromatic amines is 1. The number of amides is 1. The van der Waals surface area contributed by atoms with E-state index in [1.807, 2.05) is 24.4 Å². The number of hydrogen-bond donors (Lipinski definition) is 4. The number of hydrazone groups is 1. The first-order chi connectivity index (χ1) is 17.6. The maximum Gasteiger partial charge on any atom is 0.251 e. The molecule has 0 unspecified atom stereocenters. The van der Waals surface area contributed by atoms with Crippen LogP contribution in [0.4, 0.5) is 5.69 Å². The molecule has 0 saturated heterocycles. The topological polar surface area (TPSA) is 113 Å². The monoisotopic (exact) mass is 502 g/mol. The lowest BCUT2D eigenvalue weighted by Gasteiger charge is -2.09. The molecular formula is C26H26N6O3S. The molecule has 0 bridgehead atoms. The van der Waals surface area contributed by atoms with Crippen LogP contribution in [-0.2, 0) is 6.42 Å². The number of carbonyl (C=O) groups is 1. The van der Waals surface area contributed by atoms with Gasteiger partial charge in [0.15, 0.2) is 5.11 Å². The number of fused-ring (bicyclic) bond motifs is 1. The van der Waals surface area contributed by atoms with Crippen molar-refractivity contribution in [2.45, 2.75) is 6.42 Å². The van der Waals surface area contributed by atoms with Crippen molar-refractivity contribution in [1.82, 2.24) is 20.7 Å². The number of nitrogens with one attached hydrogen (secondary N) is 4. The fraction of sp³-hybridized carbons (Fsp3) is 0.154. The highest BCUT2D eigenvalue weighted by Gasteiger charge is 2.08. The van der Waals surface area contributed by atoms with Crippen molar-refractivity contribution in [3.8, 4) is 11.5 Å². The third-order valence-corrected chi connectivity index (χ3v) is 5.61. The Labute approximate surface area is 213 Å². The second kappa shape index (κ2) is 11.8. The molecule has 0 spiro atoms. The van der Waals surface area contributed by atoms with Crippen LogP contribution in [0.25, 0.3) is 10.9 Å². The Balaban J connectivity index is 1.24. The molecule has 0 fully saturated rings. The van der Waals surface area contributed by atoms with Gasteiger partial charge in [-0.2, -0.15) is 5.10 Å². The van der Waals surface area contributed by atoms with Crippen molar-refractivity contribution in [2.24, 2.45) is 5.10 Å². The van der Waals surface area contributed by atoms with Crippen LogP contribution in [0.5, 0.6) is 11.5 Å². The van der Waals surface area contributed by atoms with E-state index in [1.165, 1.54) is 0 Å². The highest BCUT2D eigenvalue weighted by Crippen LogP contribution is 2.23. The highest BCUT2D eigenvalue weighted by molar-refractivity contribution is 7.80. The van der Waals surface area contributed by atoms with Crippen LogP contribution in [0.3, 0.4) is 0 Å². The molecule has 0 aliphatic heterocycles. The van der Waals surface area contributed by atoms with Crippen molar-refractivity contribution in [2.75, 3.05) is 26.1 Å². The smallest absolute Gasteiger partial charge is 0.251 e. The molecule has 2 aromatic heterocycles. The first-order valence-corrected chi connectivity index (χ1v) is 11.6. The molecule has 0 atom stereocenters. The predicted molar refractivity (Wildman–Crippen MR) is 145 cm³/mol. The normalized spacial score (nSPS) is 10.8. The number of aromatic nitrogens is 2. The van der Waals surface area contributed by atoms with E-state index >= 15 is 0 Å². The fourth-order valence-corrected chi connectivity index (χ4v) is 3.68. The van der Waals surface area contributed by atoms with Crippen LogP contribution < -0.4 is 25.5 Å². The minimum atomic E-state index is -0.142. The van der Waals surface area contributed by atoms with E-state index in [0.717, 1.165) is 27.9 Å². The van der Waals surface area contributed by atoms with E-state index in [9.17, 15) is 4.79 Å². The molecule has 10 heteroatoms. The minimum absolute atomic E-state index is 0.142. The molecule has 4 aromatic rings. The number of thiocarbonyl (C=S) groups is 1. The van der Waals surface area contributed by atoms with E-state index in [2.05, 4.69) is 31.1 Å². The van der Waals surface area contributed by atoms with Gasteiger partial charge in [0.05, 0.1) is 32.3 Å². The van der Waals surface area contributed by atoms with Gasteiger partial charge < -0.3 is 25.1 Å². The minimum Gasteiger partial charge on any atom is -0.497 e.